The lowest BCUT2D eigenvalue weighted by molar-refractivity contribution is 0.370. The number of phenols is 1. The Balaban J connectivity index is 3.13. The van der Waals surface area contributed by atoms with Crippen molar-refractivity contribution in [3.8, 4) is 11.5 Å². The Hall–Kier alpha value is -0.930. The Morgan fingerprint density at radius 2 is 2.23 bits per heavy atom. The molecule has 0 aliphatic carbocycles. The Kier molecular flexibility index (Phi) is 3.39. The molecular weight excluding hydrogens is 190 g/mol. The number of hydrogen-bond donors (Lipinski definition) is 2. The van der Waals surface area contributed by atoms with Crippen molar-refractivity contribution in [3.05, 3.63) is 22.7 Å². The quantitative estimate of drug-likeness (QED) is 0.781. The van der Waals surface area contributed by atoms with E-state index >= 15 is 0 Å². The van der Waals surface area contributed by atoms with Gasteiger partial charge in [-0.1, -0.05) is 11.6 Å². The Morgan fingerprint density at radius 1 is 1.54 bits per heavy atom. The second-order valence-corrected chi connectivity index (χ2v) is 3.02. The monoisotopic (exact) mass is 201 g/mol. The van der Waals surface area contributed by atoms with E-state index in [1.807, 2.05) is 0 Å². The molecule has 4 heteroatoms. The molecule has 0 fully saturated rings. The highest BCUT2D eigenvalue weighted by Gasteiger charge is 2.10. The molecule has 0 bridgehead atoms. The average molecular weight is 202 g/mol. The summed E-state index contributed by atoms with van der Waals surface area (Å²) in [5.41, 5.74) is 6.02. The van der Waals surface area contributed by atoms with E-state index in [1.165, 1.54) is 7.11 Å². The van der Waals surface area contributed by atoms with Crippen LogP contribution in [0.2, 0.25) is 5.02 Å². The molecule has 72 valence electrons. The number of methoxy groups -OCH3 is 1. The molecule has 3 N–H and O–H groups in total. The summed E-state index contributed by atoms with van der Waals surface area (Å²) in [6, 6.07) is 3.31. The highest BCUT2D eigenvalue weighted by atomic mass is 35.5. The van der Waals surface area contributed by atoms with Crippen molar-refractivity contribution < 1.29 is 9.84 Å². The molecule has 1 aromatic carbocycles. The zero-order chi connectivity index (χ0) is 9.84. The Morgan fingerprint density at radius 3 is 2.77 bits per heavy atom. The first-order valence-corrected chi connectivity index (χ1v) is 4.33. The number of benzene rings is 1. The number of hydrogen-bond acceptors (Lipinski definition) is 3. The van der Waals surface area contributed by atoms with Gasteiger partial charge in [0.15, 0.2) is 11.5 Å². The number of aromatic hydroxyl groups is 1. The van der Waals surface area contributed by atoms with Crippen LogP contribution in [0.15, 0.2) is 12.1 Å². The second-order valence-electron chi connectivity index (χ2n) is 2.62. The molecule has 0 spiro atoms. The maximum atomic E-state index is 9.64. The maximum absolute atomic E-state index is 9.64. The van der Waals surface area contributed by atoms with E-state index in [2.05, 4.69) is 0 Å². The Bertz CT molecular complexity index is 302. The van der Waals surface area contributed by atoms with Gasteiger partial charge in [0.2, 0.25) is 0 Å². The summed E-state index contributed by atoms with van der Waals surface area (Å²) < 4.78 is 4.94. The fourth-order valence-electron chi connectivity index (χ4n) is 1.14. The number of nitrogens with two attached hydrogens (primary N) is 1. The summed E-state index contributed by atoms with van der Waals surface area (Å²) in [4.78, 5) is 0. The zero-order valence-electron chi connectivity index (χ0n) is 7.38. The van der Waals surface area contributed by atoms with E-state index in [-0.39, 0.29) is 5.75 Å². The van der Waals surface area contributed by atoms with E-state index in [4.69, 9.17) is 22.1 Å². The second kappa shape index (κ2) is 4.35. The van der Waals surface area contributed by atoms with Crippen molar-refractivity contribution in [1.29, 1.82) is 0 Å². The average Bonchev–Trinajstić information content (AvgIpc) is 2.12. The number of rotatable bonds is 3. The minimum atomic E-state index is 0.0838. The van der Waals surface area contributed by atoms with Gasteiger partial charge in [-0.25, -0.2) is 0 Å². The van der Waals surface area contributed by atoms with Crippen molar-refractivity contribution in [3.63, 3.8) is 0 Å². The minimum absolute atomic E-state index is 0.0838. The van der Waals surface area contributed by atoms with Crippen molar-refractivity contribution in [2.24, 2.45) is 5.73 Å². The molecule has 0 saturated carbocycles. The van der Waals surface area contributed by atoms with Crippen molar-refractivity contribution in [1.82, 2.24) is 0 Å². The molecule has 13 heavy (non-hydrogen) atoms. The third-order valence-corrected chi connectivity index (χ3v) is 2.16. The Labute approximate surface area is 82.1 Å². The van der Waals surface area contributed by atoms with Crippen molar-refractivity contribution in [2.75, 3.05) is 13.7 Å². The van der Waals surface area contributed by atoms with E-state index in [0.29, 0.717) is 29.3 Å². The highest BCUT2D eigenvalue weighted by Crippen LogP contribution is 2.34. The van der Waals surface area contributed by atoms with Crippen LogP contribution >= 0.6 is 11.6 Å². The van der Waals surface area contributed by atoms with Crippen LogP contribution in [0.5, 0.6) is 11.5 Å². The first-order valence-electron chi connectivity index (χ1n) is 3.95. The number of halogens is 1. The molecule has 0 aromatic heterocycles. The molecule has 0 aliphatic heterocycles. The summed E-state index contributed by atoms with van der Waals surface area (Å²) in [5.74, 6) is 0.508. The SMILES string of the molecule is COc1ccc(Cl)c(CCN)c1O. The van der Waals surface area contributed by atoms with Crippen LogP contribution in [0.25, 0.3) is 0 Å². The topological polar surface area (TPSA) is 55.5 Å². The predicted octanol–water partition coefficient (Wildman–Crippen LogP) is 1.56. The van der Waals surface area contributed by atoms with Crippen LogP contribution in [0.3, 0.4) is 0 Å². The molecule has 3 nitrogen and oxygen atoms in total. The van der Waals surface area contributed by atoms with Crippen LogP contribution in [0, 0.1) is 0 Å². The van der Waals surface area contributed by atoms with Gasteiger partial charge in [-0.2, -0.15) is 0 Å². The number of ether oxygens (including phenoxy) is 1. The van der Waals surface area contributed by atoms with Gasteiger partial charge in [0, 0.05) is 10.6 Å². The van der Waals surface area contributed by atoms with Crippen LogP contribution in [0.4, 0.5) is 0 Å². The van der Waals surface area contributed by atoms with Crippen LogP contribution < -0.4 is 10.5 Å². The summed E-state index contributed by atoms with van der Waals surface area (Å²) in [5, 5.41) is 10.2. The lowest BCUT2D eigenvalue weighted by Crippen LogP contribution is -2.03. The smallest absolute Gasteiger partial charge is 0.162 e. The standard InChI is InChI=1S/C9H12ClNO2/c1-13-8-3-2-7(10)6(4-5-11)9(8)12/h2-3,12H,4-5,11H2,1H3. The normalized spacial score (nSPS) is 10.1. The fraction of sp³-hybridized carbons (Fsp3) is 0.333. The third kappa shape index (κ3) is 2.05. The van der Waals surface area contributed by atoms with Gasteiger partial charge >= 0.3 is 0 Å². The minimum Gasteiger partial charge on any atom is -0.504 e. The fourth-order valence-corrected chi connectivity index (χ4v) is 1.38. The van der Waals surface area contributed by atoms with Gasteiger partial charge in [0.25, 0.3) is 0 Å². The lowest BCUT2D eigenvalue weighted by atomic mass is 10.1. The molecule has 0 unspecified atom stereocenters. The van der Waals surface area contributed by atoms with Crippen LogP contribution in [0.1, 0.15) is 5.56 Å². The summed E-state index contributed by atoms with van der Waals surface area (Å²) in [6.45, 7) is 0.445. The van der Waals surface area contributed by atoms with Gasteiger partial charge in [0.1, 0.15) is 0 Å². The first-order chi connectivity index (χ1) is 6.20. The van der Waals surface area contributed by atoms with Crippen molar-refractivity contribution in [2.45, 2.75) is 6.42 Å². The number of phenolic OH excluding ortho intramolecular Hbond substituents is 1. The van der Waals surface area contributed by atoms with E-state index in [0.717, 1.165) is 0 Å². The first kappa shape index (κ1) is 10.2. The molecule has 1 aromatic rings. The summed E-state index contributed by atoms with van der Waals surface area (Å²) in [7, 11) is 1.50. The molecule has 0 atom stereocenters. The highest BCUT2D eigenvalue weighted by molar-refractivity contribution is 6.31. The van der Waals surface area contributed by atoms with Gasteiger partial charge in [0.05, 0.1) is 7.11 Å². The molecule has 0 saturated heterocycles. The zero-order valence-corrected chi connectivity index (χ0v) is 8.14. The molecular formula is C9H12ClNO2. The molecule has 1 rings (SSSR count). The van der Waals surface area contributed by atoms with E-state index in [1.54, 1.807) is 12.1 Å². The van der Waals surface area contributed by atoms with Crippen molar-refractivity contribution >= 4 is 11.6 Å². The maximum Gasteiger partial charge on any atom is 0.162 e. The van der Waals surface area contributed by atoms with E-state index < -0.39 is 0 Å². The van der Waals surface area contributed by atoms with Gasteiger partial charge in [-0.3, -0.25) is 0 Å². The third-order valence-electron chi connectivity index (χ3n) is 1.80. The molecule has 0 heterocycles. The summed E-state index contributed by atoms with van der Waals surface area (Å²) in [6.07, 6.45) is 0.544. The van der Waals surface area contributed by atoms with Crippen LogP contribution in [-0.2, 0) is 6.42 Å². The van der Waals surface area contributed by atoms with Gasteiger partial charge in [-0.05, 0) is 25.1 Å². The molecule has 0 aliphatic rings. The van der Waals surface area contributed by atoms with Crippen LogP contribution in [-0.4, -0.2) is 18.8 Å². The van der Waals surface area contributed by atoms with E-state index in [9.17, 15) is 5.11 Å². The van der Waals surface area contributed by atoms with Gasteiger partial charge < -0.3 is 15.6 Å². The van der Waals surface area contributed by atoms with Gasteiger partial charge in [-0.15, -0.1) is 0 Å². The predicted molar refractivity (Wildman–Crippen MR) is 52.4 cm³/mol. The lowest BCUT2D eigenvalue weighted by Gasteiger charge is -2.09. The molecule has 0 amide bonds. The largest absolute Gasteiger partial charge is 0.504 e. The summed E-state index contributed by atoms with van der Waals surface area (Å²) >= 11 is 5.87. The molecule has 0 radical (unpaired) electrons.